The maximum atomic E-state index is 8.95. The molecule has 0 unspecified atom stereocenters. The molecule has 1 aromatic carbocycles. The minimum Gasteiger partial charge on any atom is -0.471 e. The van der Waals surface area contributed by atoms with Crippen LogP contribution in [0.3, 0.4) is 0 Å². The normalized spacial score (nSPS) is 10.6. The number of methoxy groups -OCH3 is 1. The van der Waals surface area contributed by atoms with Crippen molar-refractivity contribution in [2.45, 2.75) is 25.7 Å². The Balaban J connectivity index is 0.000000487. The van der Waals surface area contributed by atoms with Crippen LogP contribution in [0, 0.1) is 0 Å². The third-order valence-electron chi connectivity index (χ3n) is 2.31. The number of carbonyl (C=O) groups is 1. The highest BCUT2D eigenvalue weighted by Gasteiger charge is 2.05. The molecule has 0 heterocycles. The van der Waals surface area contributed by atoms with E-state index in [1.807, 2.05) is 6.08 Å². The Morgan fingerprint density at radius 2 is 1.94 bits per heavy atom. The van der Waals surface area contributed by atoms with E-state index in [0.717, 1.165) is 6.42 Å². The van der Waals surface area contributed by atoms with Crippen molar-refractivity contribution in [1.82, 2.24) is 0 Å². The van der Waals surface area contributed by atoms with Crippen LogP contribution < -0.4 is 0 Å². The van der Waals surface area contributed by atoms with Crippen molar-refractivity contribution in [3.8, 4) is 0 Å². The molecular weight excluding hydrogens is 200 g/mol. The fourth-order valence-corrected chi connectivity index (χ4v) is 1.46. The van der Waals surface area contributed by atoms with E-state index in [9.17, 15) is 0 Å². The highest BCUT2D eigenvalue weighted by molar-refractivity contribution is 5.36. The molecule has 0 fully saturated rings. The Bertz CT molecular complexity index is 280. The fourth-order valence-electron chi connectivity index (χ4n) is 1.46. The molecule has 0 aliphatic carbocycles. The van der Waals surface area contributed by atoms with Gasteiger partial charge in [-0.15, -0.1) is 6.58 Å². The molecular formula is C14H20O2. The van der Waals surface area contributed by atoms with Crippen LogP contribution in [0.25, 0.3) is 0 Å². The topological polar surface area (TPSA) is 26.3 Å². The third-order valence-corrected chi connectivity index (χ3v) is 2.31. The van der Waals surface area contributed by atoms with Crippen molar-refractivity contribution in [3.05, 3.63) is 48.6 Å². The SMILES string of the molecule is C=CC[C@@H](CC)c1ccccc1.COC=O. The lowest BCUT2D eigenvalue weighted by Gasteiger charge is -2.11. The second-order valence-electron chi connectivity index (χ2n) is 3.37. The molecule has 0 aliphatic heterocycles. The van der Waals surface area contributed by atoms with E-state index in [2.05, 4.69) is 48.6 Å². The van der Waals surface area contributed by atoms with Gasteiger partial charge in [0.05, 0.1) is 7.11 Å². The first kappa shape index (κ1) is 14.4. The average Bonchev–Trinajstić information content (AvgIpc) is 2.37. The van der Waals surface area contributed by atoms with Crippen molar-refractivity contribution in [1.29, 1.82) is 0 Å². The van der Waals surface area contributed by atoms with Gasteiger partial charge in [0.1, 0.15) is 0 Å². The van der Waals surface area contributed by atoms with E-state index < -0.39 is 0 Å². The summed E-state index contributed by atoms with van der Waals surface area (Å²) in [5, 5.41) is 0. The van der Waals surface area contributed by atoms with Crippen LogP contribution in [-0.4, -0.2) is 13.6 Å². The van der Waals surface area contributed by atoms with Crippen LogP contribution in [-0.2, 0) is 9.53 Å². The molecule has 0 aliphatic rings. The molecule has 0 spiro atoms. The monoisotopic (exact) mass is 220 g/mol. The van der Waals surface area contributed by atoms with E-state index >= 15 is 0 Å². The molecule has 0 radical (unpaired) electrons. The molecule has 2 nitrogen and oxygen atoms in total. The van der Waals surface area contributed by atoms with E-state index in [-0.39, 0.29) is 0 Å². The lowest BCUT2D eigenvalue weighted by molar-refractivity contribution is -0.126. The number of carbonyl (C=O) groups excluding carboxylic acids is 1. The van der Waals surface area contributed by atoms with Gasteiger partial charge >= 0.3 is 0 Å². The first-order valence-corrected chi connectivity index (χ1v) is 5.42. The Kier molecular flexibility index (Phi) is 8.99. The summed E-state index contributed by atoms with van der Waals surface area (Å²) < 4.78 is 3.86. The lowest BCUT2D eigenvalue weighted by Crippen LogP contribution is -1.94. The zero-order chi connectivity index (χ0) is 12.2. The van der Waals surface area contributed by atoms with Gasteiger partial charge in [0, 0.05) is 0 Å². The summed E-state index contributed by atoms with van der Waals surface area (Å²) in [5.74, 6) is 0.656. The Morgan fingerprint density at radius 1 is 1.38 bits per heavy atom. The van der Waals surface area contributed by atoms with Gasteiger partial charge in [-0.1, -0.05) is 43.3 Å². The second-order valence-corrected chi connectivity index (χ2v) is 3.37. The minimum absolute atomic E-state index is 0.375. The number of benzene rings is 1. The van der Waals surface area contributed by atoms with Gasteiger partial charge in [0.2, 0.25) is 0 Å². The van der Waals surface area contributed by atoms with Gasteiger partial charge in [0.25, 0.3) is 6.47 Å². The summed E-state index contributed by atoms with van der Waals surface area (Å²) >= 11 is 0. The second kappa shape index (κ2) is 9.97. The zero-order valence-corrected chi connectivity index (χ0v) is 10.1. The van der Waals surface area contributed by atoms with Crippen molar-refractivity contribution < 1.29 is 9.53 Å². The Morgan fingerprint density at radius 3 is 2.31 bits per heavy atom. The zero-order valence-electron chi connectivity index (χ0n) is 10.1. The molecule has 2 heteroatoms. The van der Waals surface area contributed by atoms with Crippen LogP contribution in [0.1, 0.15) is 31.2 Å². The quantitative estimate of drug-likeness (QED) is 0.560. The first-order valence-electron chi connectivity index (χ1n) is 5.42. The summed E-state index contributed by atoms with van der Waals surface area (Å²) in [5.41, 5.74) is 1.43. The first-order chi connectivity index (χ1) is 7.79. The van der Waals surface area contributed by atoms with E-state index in [4.69, 9.17) is 4.79 Å². The Labute approximate surface area is 97.9 Å². The molecule has 0 bridgehead atoms. The molecule has 16 heavy (non-hydrogen) atoms. The molecule has 0 aromatic heterocycles. The highest BCUT2D eigenvalue weighted by Crippen LogP contribution is 2.22. The van der Waals surface area contributed by atoms with Crippen molar-refractivity contribution in [2.24, 2.45) is 0 Å². The summed E-state index contributed by atoms with van der Waals surface area (Å²) in [4.78, 5) is 8.95. The minimum atomic E-state index is 0.375. The van der Waals surface area contributed by atoms with Crippen molar-refractivity contribution >= 4 is 6.47 Å². The van der Waals surface area contributed by atoms with Crippen LogP contribution >= 0.6 is 0 Å². The maximum absolute atomic E-state index is 8.95. The lowest BCUT2D eigenvalue weighted by atomic mass is 9.93. The number of rotatable bonds is 5. The van der Waals surface area contributed by atoms with Gasteiger partial charge in [-0.05, 0) is 24.3 Å². The molecule has 0 saturated carbocycles. The van der Waals surface area contributed by atoms with E-state index in [1.165, 1.54) is 19.1 Å². The fraction of sp³-hybridized carbons (Fsp3) is 0.357. The highest BCUT2D eigenvalue weighted by atomic mass is 16.5. The smallest absolute Gasteiger partial charge is 0.292 e. The molecule has 1 aromatic rings. The van der Waals surface area contributed by atoms with Crippen molar-refractivity contribution in [3.63, 3.8) is 0 Å². The number of ether oxygens (including phenoxy) is 1. The number of hydrogen-bond acceptors (Lipinski definition) is 2. The van der Waals surface area contributed by atoms with Gasteiger partial charge in [0.15, 0.2) is 0 Å². The maximum Gasteiger partial charge on any atom is 0.292 e. The van der Waals surface area contributed by atoms with Crippen LogP contribution in [0.4, 0.5) is 0 Å². The summed E-state index contributed by atoms with van der Waals surface area (Å²) in [6, 6.07) is 10.6. The van der Waals surface area contributed by atoms with Gasteiger partial charge in [-0.3, -0.25) is 4.79 Å². The summed E-state index contributed by atoms with van der Waals surface area (Å²) in [7, 11) is 1.31. The van der Waals surface area contributed by atoms with E-state index in [1.54, 1.807) is 0 Å². The predicted octanol–water partition coefficient (Wildman–Crippen LogP) is 3.55. The third kappa shape index (κ3) is 6.02. The van der Waals surface area contributed by atoms with Gasteiger partial charge in [-0.2, -0.15) is 0 Å². The van der Waals surface area contributed by atoms with Crippen molar-refractivity contribution in [2.75, 3.05) is 7.11 Å². The van der Waals surface area contributed by atoms with Gasteiger partial charge in [-0.25, -0.2) is 0 Å². The molecule has 0 amide bonds. The standard InChI is InChI=1S/C12H16.C2H4O2/c1-3-8-11(4-2)12-9-6-5-7-10-12;1-4-2-3/h3,5-7,9-11H,1,4,8H2,2H3;2H,1H3/t11-;/m1./s1. The Hall–Kier alpha value is -1.57. The molecule has 0 saturated heterocycles. The number of hydrogen-bond donors (Lipinski definition) is 0. The molecule has 0 N–H and O–H groups in total. The van der Waals surface area contributed by atoms with Crippen LogP contribution in [0.15, 0.2) is 43.0 Å². The molecule has 1 rings (SSSR count). The molecule has 88 valence electrons. The average molecular weight is 220 g/mol. The predicted molar refractivity (Wildman–Crippen MR) is 67.4 cm³/mol. The largest absolute Gasteiger partial charge is 0.471 e. The number of allylic oxidation sites excluding steroid dienone is 1. The van der Waals surface area contributed by atoms with Crippen LogP contribution in [0.2, 0.25) is 0 Å². The van der Waals surface area contributed by atoms with Gasteiger partial charge < -0.3 is 4.74 Å². The summed E-state index contributed by atoms with van der Waals surface area (Å²) in [6.45, 7) is 6.37. The summed E-state index contributed by atoms with van der Waals surface area (Å²) in [6.07, 6.45) is 4.28. The van der Waals surface area contributed by atoms with E-state index in [0.29, 0.717) is 12.4 Å². The molecule has 1 atom stereocenters. The van der Waals surface area contributed by atoms with Crippen LogP contribution in [0.5, 0.6) is 0 Å².